The summed E-state index contributed by atoms with van der Waals surface area (Å²) in [6.45, 7) is 6.38. The lowest BCUT2D eigenvalue weighted by atomic mass is 9.93. The number of aliphatic hydroxyl groups is 1. The largest absolute Gasteiger partial charge is 0.387 e. The van der Waals surface area contributed by atoms with E-state index in [0.29, 0.717) is 19.0 Å². The molecule has 1 heterocycles. The molecule has 1 saturated heterocycles. The average molecular weight is 329 g/mol. The first-order valence-electron chi connectivity index (χ1n) is 8.57. The average Bonchev–Trinajstić information content (AvgIpc) is 2.61. The predicted molar refractivity (Wildman–Crippen MR) is 93.0 cm³/mol. The van der Waals surface area contributed by atoms with Crippen molar-refractivity contribution in [2.24, 2.45) is 11.3 Å². The zero-order valence-electron chi connectivity index (χ0n) is 14.5. The second-order valence-electron chi connectivity index (χ2n) is 7.12. The lowest BCUT2D eigenvalue weighted by Gasteiger charge is -2.33. The minimum Gasteiger partial charge on any atom is -0.387 e. The number of carbonyl (C=O) groups is 1. The van der Waals surface area contributed by atoms with Crippen LogP contribution in [0.15, 0.2) is 30.3 Å². The van der Waals surface area contributed by atoms with Crippen LogP contribution in [-0.4, -0.2) is 42.1 Å². The summed E-state index contributed by atoms with van der Waals surface area (Å²) in [5, 5.41) is 22.2. The van der Waals surface area contributed by atoms with Gasteiger partial charge >= 0.3 is 0 Å². The van der Waals surface area contributed by atoms with E-state index in [9.17, 15) is 9.90 Å². The van der Waals surface area contributed by atoms with Gasteiger partial charge in [0.15, 0.2) is 0 Å². The first-order chi connectivity index (χ1) is 11.4. The lowest BCUT2D eigenvalue weighted by Crippen LogP contribution is -2.42. The number of carbonyl (C=O) groups excluding carboxylic acids is 1. The molecule has 0 saturated carbocycles. The molecule has 0 aromatic heterocycles. The van der Waals surface area contributed by atoms with Crippen LogP contribution in [0.4, 0.5) is 0 Å². The number of nitriles is 1. The summed E-state index contributed by atoms with van der Waals surface area (Å²) >= 11 is 0. The van der Waals surface area contributed by atoms with Crippen molar-refractivity contribution < 1.29 is 9.90 Å². The molecular weight excluding hydrogens is 302 g/mol. The Balaban J connectivity index is 1.72. The summed E-state index contributed by atoms with van der Waals surface area (Å²) in [5.74, 6) is 0.237. The summed E-state index contributed by atoms with van der Waals surface area (Å²) in [6.07, 6.45) is 1.53. The van der Waals surface area contributed by atoms with Crippen LogP contribution in [0, 0.1) is 22.7 Å². The summed E-state index contributed by atoms with van der Waals surface area (Å²) in [7, 11) is 0. The molecule has 5 heteroatoms. The van der Waals surface area contributed by atoms with Gasteiger partial charge in [0.2, 0.25) is 5.91 Å². The minimum atomic E-state index is -0.972. The molecule has 1 aromatic carbocycles. The van der Waals surface area contributed by atoms with Crippen LogP contribution in [0.5, 0.6) is 0 Å². The number of aliphatic hydroxyl groups excluding tert-OH is 1. The maximum atomic E-state index is 11.9. The molecule has 1 aromatic rings. The molecule has 1 aliphatic heterocycles. The maximum absolute atomic E-state index is 11.9. The van der Waals surface area contributed by atoms with Gasteiger partial charge in [-0.25, -0.2) is 0 Å². The van der Waals surface area contributed by atoms with Crippen LogP contribution in [-0.2, 0) is 4.79 Å². The van der Waals surface area contributed by atoms with E-state index in [2.05, 4.69) is 10.2 Å². The third-order valence-corrected chi connectivity index (χ3v) is 4.72. The molecule has 0 aliphatic carbocycles. The van der Waals surface area contributed by atoms with E-state index in [1.54, 1.807) is 13.8 Å². The second kappa shape index (κ2) is 8.27. The number of likely N-dealkylation sites (tertiary alicyclic amines) is 1. The summed E-state index contributed by atoms with van der Waals surface area (Å²) in [6, 6.07) is 11.8. The van der Waals surface area contributed by atoms with E-state index in [-0.39, 0.29) is 5.91 Å². The molecule has 0 bridgehead atoms. The smallest absolute Gasteiger partial charge is 0.239 e. The fourth-order valence-corrected chi connectivity index (χ4v) is 2.91. The Morgan fingerprint density at radius 1 is 1.38 bits per heavy atom. The van der Waals surface area contributed by atoms with Crippen LogP contribution in [0.2, 0.25) is 0 Å². The Morgan fingerprint density at radius 3 is 2.58 bits per heavy atom. The zero-order valence-corrected chi connectivity index (χ0v) is 14.5. The van der Waals surface area contributed by atoms with E-state index >= 15 is 0 Å². The van der Waals surface area contributed by atoms with Crippen molar-refractivity contribution in [2.75, 3.05) is 26.2 Å². The predicted octanol–water partition coefficient (Wildman–Crippen LogP) is 2.10. The SMILES string of the molecule is CC(C)(C#N)C(=O)NCC1CCN(C[C@H](O)c2ccccc2)CC1. The van der Waals surface area contributed by atoms with Gasteiger partial charge in [-0.1, -0.05) is 30.3 Å². The number of amides is 1. The number of benzene rings is 1. The highest BCUT2D eigenvalue weighted by Gasteiger charge is 2.28. The van der Waals surface area contributed by atoms with Gasteiger partial charge in [-0.15, -0.1) is 0 Å². The van der Waals surface area contributed by atoms with E-state index in [4.69, 9.17) is 5.26 Å². The van der Waals surface area contributed by atoms with Gasteiger partial charge in [-0.05, 0) is 51.3 Å². The lowest BCUT2D eigenvalue weighted by molar-refractivity contribution is -0.127. The van der Waals surface area contributed by atoms with Crippen molar-refractivity contribution in [1.82, 2.24) is 10.2 Å². The molecule has 24 heavy (non-hydrogen) atoms. The number of β-amino-alcohol motifs (C(OH)–C–C–N with tert-alkyl or cyclic N) is 1. The van der Waals surface area contributed by atoms with Gasteiger partial charge in [0.25, 0.3) is 0 Å². The highest BCUT2D eigenvalue weighted by Crippen LogP contribution is 2.21. The quantitative estimate of drug-likeness (QED) is 0.838. The van der Waals surface area contributed by atoms with Crippen LogP contribution < -0.4 is 5.32 Å². The monoisotopic (exact) mass is 329 g/mol. The van der Waals surface area contributed by atoms with Gasteiger partial charge in [0, 0.05) is 13.1 Å². The highest BCUT2D eigenvalue weighted by molar-refractivity contribution is 5.84. The number of piperidine rings is 1. The van der Waals surface area contributed by atoms with Crippen molar-refractivity contribution in [1.29, 1.82) is 5.26 Å². The topological polar surface area (TPSA) is 76.4 Å². The Morgan fingerprint density at radius 2 is 2.00 bits per heavy atom. The summed E-state index contributed by atoms with van der Waals surface area (Å²) < 4.78 is 0. The molecule has 2 rings (SSSR count). The van der Waals surface area contributed by atoms with Gasteiger partial charge in [-0.2, -0.15) is 5.26 Å². The molecule has 5 nitrogen and oxygen atoms in total. The maximum Gasteiger partial charge on any atom is 0.239 e. The fourth-order valence-electron chi connectivity index (χ4n) is 2.91. The van der Waals surface area contributed by atoms with Crippen LogP contribution in [0.3, 0.4) is 0 Å². The van der Waals surface area contributed by atoms with Gasteiger partial charge in [0.1, 0.15) is 5.41 Å². The normalized spacial score (nSPS) is 17.9. The number of nitrogens with zero attached hydrogens (tertiary/aromatic N) is 2. The third kappa shape index (κ3) is 5.05. The first kappa shape index (κ1) is 18.4. The second-order valence-corrected chi connectivity index (χ2v) is 7.12. The fraction of sp³-hybridized carbons (Fsp3) is 0.579. The van der Waals surface area contributed by atoms with Crippen LogP contribution in [0.1, 0.15) is 38.4 Å². The molecule has 0 unspecified atom stereocenters. The van der Waals surface area contributed by atoms with Crippen molar-refractivity contribution in [3.63, 3.8) is 0 Å². The van der Waals surface area contributed by atoms with E-state index in [0.717, 1.165) is 31.5 Å². The van der Waals surface area contributed by atoms with Crippen molar-refractivity contribution >= 4 is 5.91 Å². The van der Waals surface area contributed by atoms with Crippen LogP contribution in [0.25, 0.3) is 0 Å². The molecule has 0 spiro atoms. The Labute approximate surface area is 144 Å². The van der Waals surface area contributed by atoms with Crippen LogP contribution >= 0.6 is 0 Å². The summed E-state index contributed by atoms with van der Waals surface area (Å²) in [4.78, 5) is 14.2. The Kier molecular flexibility index (Phi) is 6.36. The van der Waals surface area contributed by atoms with Gasteiger partial charge in [0.05, 0.1) is 12.2 Å². The zero-order chi connectivity index (χ0) is 17.6. The van der Waals surface area contributed by atoms with Crippen molar-refractivity contribution in [3.05, 3.63) is 35.9 Å². The van der Waals surface area contributed by atoms with Crippen molar-refractivity contribution in [3.8, 4) is 6.07 Å². The number of hydrogen-bond acceptors (Lipinski definition) is 4. The standard InChI is InChI=1S/C19H27N3O2/c1-19(2,14-20)18(24)21-12-15-8-10-22(11-9-15)13-17(23)16-6-4-3-5-7-16/h3-7,15,17,23H,8-13H2,1-2H3,(H,21,24)/t17-/m0/s1. The molecule has 1 aliphatic rings. The molecule has 2 N–H and O–H groups in total. The highest BCUT2D eigenvalue weighted by atomic mass is 16.3. The first-order valence-corrected chi connectivity index (χ1v) is 8.57. The Bertz CT molecular complexity index is 572. The molecule has 1 amide bonds. The van der Waals surface area contributed by atoms with E-state index in [1.807, 2.05) is 36.4 Å². The molecular formula is C19H27N3O2. The van der Waals surface area contributed by atoms with E-state index in [1.165, 1.54) is 0 Å². The summed E-state index contributed by atoms with van der Waals surface area (Å²) in [5.41, 5.74) is -0.0221. The van der Waals surface area contributed by atoms with E-state index < -0.39 is 11.5 Å². The minimum absolute atomic E-state index is 0.202. The molecule has 1 fully saturated rings. The molecule has 1 atom stereocenters. The van der Waals surface area contributed by atoms with Gasteiger partial charge < -0.3 is 15.3 Å². The number of hydrogen-bond donors (Lipinski definition) is 2. The van der Waals surface area contributed by atoms with Crippen molar-refractivity contribution in [2.45, 2.75) is 32.8 Å². The Hall–Kier alpha value is -1.90. The third-order valence-electron chi connectivity index (χ3n) is 4.72. The molecule has 130 valence electrons. The number of rotatable bonds is 6. The number of nitrogens with one attached hydrogen (secondary N) is 1. The van der Waals surface area contributed by atoms with Gasteiger partial charge in [-0.3, -0.25) is 4.79 Å². The molecule has 0 radical (unpaired) electrons.